The normalized spacial score (nSPS) is 19.8. The highest BCUT2D eigenvalue weighted by Crippen LogP contribution is 2.28. The smallest absolute Gasteiger partial charge is 0.252 e. The van der Waals surface area contributed by atoms with Crippen LogP contribution in [0.15, 0.2) is 23.3 Å². The zero-order valence-corrected chi connectivity index (χ0v) is 15.5. The number of likely N-dealkylation sites (tertiary alicyclic amines) is 1. The Morgan fingerprint density at radius 2 is 1.92 bits per heavy atom. The fourth-order valence-electron chi connectivity index (χ4n) is 4.13. The molecule has 4 rings (SSSR count). The molecule has 2 aromatic heterocycles. The van der Waals surface area contributed by atoms with Crippen LogP contribution in [0.5, 0.6) is 0 Å². The van der Waals surface area contributed by atoms with Crippen molar-refractivity contribution in [3.8, 4) is 0 Å². The van der Waals surface area contributed by atoms with Gasteiger partial charge in [0.25, 0.3) is 5.56 Å². The summed E-state index contributed by atoms with van der Waals surface area (Å²) in [5.41, 5.74) is 2.20. The number of nitrogens with zero attached hydrogens (tertiary/aromatic N) is 5. The number of aromatic amines is 1. The second-order valence-electron chi connectivity index (χ2n) is 7.61. The minimum Gasteiger partial charge on any atom is -0.342 e. The van der Waals surface area contributed by atoms with Crippen molar-refractivity contribution >= 4 is 5.95 Å². The van der Waals surface area contributed by atoms with Crippen molar-refractivity contribution in [2.24, 2.45) is 7.05 Å². The molecule has 2 fully saturated rings. The molecule has 0 radical (unpaired) electrons. The van der Waals surface area contributed by atoms with Crippen molar-refractivity contribution in [2.75, 3.05) is 31.1 Å². The second-order valence-corrected chi connectivity index (χ2v) is 7.61. The molecule has 0 unspecified atom stereocenters. The molecule has 7 nitrogen and oxygen atoms in total. The number of hydrogen-bond acceptors (Lipinski definition) is 5. The molecule has 0 saturated carbocycles. The average Bonchev–Trinajstić information content (AvgIpc) is 3.07. The van der Waals surface area contributed by atoms with Crippen LogP contribution in [0.4, 0.5) is 5.95 Å². The lowest BCUT2D eigenvalue weighted by molar-refractivity contribution is 0.203. The van der Waals surface area contributed by atoms with Gasteiger partial charge < -0.3 is 4.90 Å². The standard InChI is InChI=1S/C19H28N6O/c1-23-13-15(12-20-23)14-24-9-5-16(6-10-24)17-11-18(26)22-19(21-17)25-7-3-2-4-8-25/h11-13,16H,2-10,14H2,1H3,(H,21,22,26). The van der Waals surface area contributed by atoms with Crippen molar-refractivity contribution in [2.45, 2.75) is 44.6 Å². The quantitative estimate of drug-likeness (QED) is 0.906. The lowest BCUT2D eigenvalue weighted by Crippen LogP contribution is -2.35. The summed E-state index contributed by atoms with van der Waals surface area (Å²) in [4.78, 5) is 24.6. The highest BCUT2D eigenvalue weighted by molar-refractivity contribution is 5.31. The van der Waals surface area contributed by atoms with Gasteiger partial charge in [0.1, 0.15) is 0 Å². The van der Waals surface area contributed by atoms with Gasteiger partial charge in [0.2, 0.25) is 5.95 Å². The van der Waals surface area contributed by atoms with Crippen molar-refractivity contribution in [1.29, 1.82) is 0 Å². The number of aryl methyl sites for hydroxylation is 1. The Hall–Kier alpha value is -2.15. The Bertz CT molecular complexity index is 783. The maximum atomic E-state index is 12.2. The van der Waals surface area contributed by atoms with E-state index in [1.807, 2.05) is 17.9 Å². The number of anilines is 1. The fourth-order valence-corrected chi connectivity index (χ4v) is 4.13. The second kappa shape index (κ2) is 7.61. The van der Waals surface area contributed by atoms with Gasteiger partial charge in [0.05, 0.1) is 11.9 Å². The van der Waals surface area contributed by atoms with Gasteiger partial charge in [-0.05, 0) is 45.2 Å². The summed E-state index contributed by atoms with van der Waals surface area (Å²) in [6.45, 7) is 5.01. The van der Waals surface area contributed by atoms with Crippen LogP contribution in [0.1, 0.15) is 49.3 Å². The third-order valence-corrected chi connectivity index (χ3v) is 5.57. The molecule has 0 bridgehead atoms. The number of hydrogen-bond donors (Lipinski definition) is 1. The maximum absolute atomic E-state index is 12.2. The first-order valence-electron chi connectivity index (χ1n) is 9.73. The molecule has 140 valence electrons. The van der Waals surface area contributed by atoms with E-state index in [0.717, 1.165) is 57.2 Å². The molecular formula is C19H28N6O. The van der Waals surface area contributed by atoms with Gasteiger partial charge >= 0.3 is 0 Å². The number of rotatable bonds is 4. The first-order valence-corrected chi connectivity index (χ1v) is 9.73. The number of nitrogens with one attached hydrogen (secondary N) is 1. The molecule has 2 aliphatic heterocycles. The molecule has 2 aromatic rings. The molecule has 0 aliphatic carbocycles. The van der Waals surface area contributed by atoms with Crippen LogP contribution in [0.25, 0.3) is 0 Å². The van der Waals surface area contributed by atoms with Crippen molar-refractivity contribution in [1.82, 2.24) is 24.6 Å². The van der Waals surface area contributed by atoms with Crippen LogP contribution >= 0.6 is 0 Å². The SMILES string of the molecule is Cn1cc(CN2CCC(c3cc(=O)[nH]c(N4CCCCC4)n3)CC2)cn1. The van der Waals surface area contributed by atoms with E-state index >= 15 is 0 Å². The van der Waals surface area contributed by atoms with E-state index in [0.29, 0.717) is 5.92 Å². The molecule has 2 saturated heterocycles. The average molecular weight is 356 g/mol. The van der Waals surface area contributed by atoms with Crippen LogP contribution < -0.4 is 10.5 Å². The third kappa shape index (κ3) is 3.98. The topological polar surface area (TPSA) is 70.1 Å². The van der Waals surface area contributed by atoms with Crippen molar-refractivity contribution < 1.29 is 0 Å². The van der Waals surface area contributed by atoms with Gasteiger partial charge in [-0.3, -0.25) is 19.4 Å². The summed E-state index contributed by atoms with van der Waals surface area (Å²) in [6, 6.07) is 1.70. The monoisotopic (exact) mass is 356 g/mol. The van der Waals surface area contributed by atoms with Gasteiger partial charge in [-0.1, -0.05) is 0 Å². The summed E-state index contributed by atoms with van der Waals surface area (Å²) in [5.74, 6) is 1.15. The first kappa shape index (κ1) is 17.3. The van der Waals surface area contributed by atoms with Crippen LogP contribution in [-0.4, -0.2) is 50.8 Å². The lowest BCUT2D eigenvalue weighted by atomic mass is 9.93. The molecule has 0 atom stereocenters. The summed E-state index contributed by atoms with van der Waals surface area (Å²) < 4.78 is 1.85. The first-order chi connectivity index (χ1) is 12.7. The van der Waals surface area contributed by atoms with Gasteiger partial charge in [-0.2, -0.15) is 5.10 Å². The number of H-pyrrole nitrogens is 1. The summed E-state index contributed by atoms with van der Waals surface area (Å²) in [6.07, 6.45) is 9.76. The van der Waals surface area contributed by atoms with E-state index in [4.69, 9.17) is 4.98 Å². The Balaban J connectivity index is 1.40. The maximum Gasteiger partial charge on any atom is 0.252 e. The summed E-state index contributed by atoms with van der Waals surface area (Å²) >= 11 is 0. The zero-order chi connectivity index (χ0) is 17.9. The van der Waals surface area contributed by atoms with E-state index in [9.17, 15) is 4.79 Å². The van der Waals surface area contributed by atoms with E-state index in [2.05, 4.69) is 26.1 Å². The molecule has 0 amide bonds. The Labute approximate surface area is 154 Å². The molecular weight excluding hydrogens is 328 g/mol. The minimum atomic E-state index is -0.0200. The zero-order valence-electron chi connectivity index (χ0n) is 15.5. The molecule has 0 aromatic carbocycles. The highest BCUT2D eigenvalue weighted by atomic mass is 16.1. The van der Waals surface area contributed by atoms with Gasteiger partial charge in [0, 0.05) is 50.4 Å². The largest absolute Gasteiger partial charge is 0.342 e. The fraction of sp³-hybridized carbons (Fsp3) is 0.632. The van der Waals surface area contributed by atoms with Crippen molar-refractivity contribution in [3.05, 3.63) is 40.1 Å². The van der Waals surface area contributed by atoms with Gasteiger partial charge in [0.15, 0.2) is 0 Å². The Morgan fingerprint density at radius 3 is 2.62 bits per heavy atom. The Morgan fingerprint density at radius 1 is 1.15 bits per heavy atom. The predicted octanol–water partition coefficient (Wildman–Crippen LogP) is 1.87. The lowest BCUT2D eigenvalue weighted by Gasteiger charge is -2.32. The van der Waals surface area contributed by atoms with Gasteiger partial charge in [-0.15, -0.1) is 0 Å². The van der Waals surface area contributed by atoms with E-state index in [1.165, 1.54) is 24.8 Å². The van der Waals surface area contributed by atoms with E-state index in [1.54, 1.807) is 6.07 Å². The third-order valence-electron chi connectivity index (χ3n) is 5.57. The number of aromatic nitrogens is 4. The van der Waals surface area contributed by atoms with E-state index < -0.39 is 0 Å². The molecule has 4 heterocycles. The molecule has 1 N–H and O–H groups in total. The predicted molar refractivity (Wildman–Crippen MR) is 101 cm³/mol. The van der Waals surface area contributed by atoms with Crippen LogP contribution in [0.2, 0.25) is 0 Å². The number of piperidine rings is 2. The molecule has 7 heteroatoms. The summed E-state index contributed by atoms with van der Waals surface area (Å²) in [7, 11) is 1.95. The Kier molecular flexibility index (Phi) is 5.06. The van der Waals surface area contributed by atoms with Crippen LogP contribution in [0.3, 0.4) is 0 Å². The molecule has 2 aliphatic rings. The van der Waals surface area contributed by atoms with Crippen LogP contribution in [0, 0.1) is 0 Å². The van der Waals surface area contributed by atoms with Crippen LogP contribution in [-0.2, 0) is 13.6 Å². The minimum absolute atomic E-state index is 0.0200. The van der Waals surface area contributed by atoms with Gasteiger partial charge in [-0.25, -0.2) is 4.98 Å². The summed E-state index contributed by atoms with van der Waals surface area (Å²) in [5, 5.41) is 4.25. The molecule has 0 spiro atoms. The molecule has 26 heavy (non-hydrogen) atoms. The van der Waals surface area contributed by atoms with Crippen molar-refractivity contribution in [3.63, 3.8) is 0 Å². The van der Waals surface area contributed by atoms with E-state index in [-0.39, 0.29) is 5.56 Å². The highest BCUT2D eigenvalue weighted by Gasteiger charge is 2.23.